The molecule has 0 radical (unpaired) electrons. The Labute approximate surface area is 128 Å². The molecule has 0 aliphatic rings. The summed E-state index contributed by atoms with van der Waals surface area (Å²) in [6.45, 7) is 2.16. The molecule has 21 heavy (non-hydrogen) atoms. The van der Waals surface area contributed by atoms with E-state index >= 15 is 0 Å². The van der Waals surface area contributed by atoms with Gasteiger partial charge in [0.1, 0.15) is 5.49 Å². The number of hydrogen-bond donors (Lipinski definition) is 2. The molecule has 0 bridgehead atoms. The van der Waals surface area contributed by atoms with Gasteiger partial charge in [0.25, 0.3) is 5.91 Å². The molecule has 0 spiro atoms. The highest BCUT2D eigenvalue weighted by Crippen LogP contribution is 2.14. The number of aryl methyl sites for hydroxylation is 1. The van der Waals surface area contributed by atoms with Crippen LogP contribution >= 0.6 is 11.6 Å². The summed E-state index contributed by atoms with van der Waals surface area (Å²) in [5.74, 6) is -0.657. The number of nitrogens with one attached hydrogen (secondary N) is 1. The number of benzene rings is 1. The van der Waals surface area contributed by atoms with Crippen molar-refractivity contribution >= 4 is 17.5 Å². The van der Waals surface area contributed by atoms with E-state index in [2.05, 4.69) is 6.92 Å². The Morgan fingerprint density at radius 2 is 2.00 bits per heavy atom. The SMILES string of the molecule is CCCCc1ccc(-n2cc(Cl)cc(C(N)=O)c2=N)cc1. The average Bonchev–Trinajstić information content (AvgIpc) is 2.47. The number of unbranched alkanes of at least 4 members (excludes halogenated alkanes) is 1. The molecule has 2 aromatic rings. The van der Waals surface area contributed by atoms with Gasteiger partial charge in [-0.05, 0) is 36.6 Å². The number of nitrogens with two attached hydrogens (primary N) is 1. The number of hydrogen-bond acceptors (Lipinski definition) is 2. The van der Waals surface area contributed by atoms with Crippen molar-refractivity contribution in [3.63, 3.8) is 0 Å². The topological polar surface area (TPSA) is 71.9 Å². The van der Waals surface area contributed by atoms with Crippen molar-refractivity contribution in [2.24, 2.45) is 5.73 Å². The molecule has 0 unspecified atom stereocenters. The molecule has 0 aliphatic carbocycles. The second kappa shape index (κ2) is 6.59. The fraction of sp³-hybridized carbons (Fsp3) is 0.250. The monoisotopic (exact) mass is 303 g/mol. The Hall–Kier alpha value is -2.07. The van der Waals surface area contributed by atoms with Crippen LogP contribution in [-0.2, 0) is 6.42 Å². The number of rotatable bonds is 5. The molecule has 0 atom stereocenters. The third kappa shape index (κ3) is 3.52. The van der Waals surface area contributed by atoms with Gasteiger partial charge in [0.15, 0.2) is 0 Å². The van der Waals surface area contributed by atoms with Crippen LogP contribution < -0.4 is 11.2 Å². The van der Waals surface area contributed by atoms with Crippen molar-refractivity contribution in [3.8, 4) is 5.69 Å². The van der Waals surface area contributed by atoms with Gasteiger partial charge in [-0.1, -0.05) is 37.1 Å². The first kappa shape index (κ1) is 15.3. The molecule has 110 valence electrons. The number of carbonyl (C=O) groups is 1. The summed E-state index contributed by atoms with van der Waals surface area (Å²) in [4.78, 5) is 11.4. The number of aromatic nitrogens is 1. The number of carbonyl (C=O) groups excluding carboxylic acids is 1. The standard InChI is InChI=1S/C16H18ClN3O/c1-2-3-4-11-5-7-13(8-6-11)20-10-12(17)9-14(15(20)18)16(19)21/h5-10,18H,2-4H2,1H3,(H2,19,21). The van der Waals surface area contributed by atoms with Crippen LogP contribution in [0.15, 0.2) is 36.5 Å². The largest absolute Gasteiger partial charge is 0.365 e. The van der Waals surface area contributed by atoms with Crippen molar-refractivity contribution < 1.29 is 4.79 Å². The quantitative estimate of drug-likeness (QED) is 0.875. The number of nitrogens with zero attached hydrogens (tertiary/aromatic N) is 1. The third-order valence-corrected chi connectivity index (χ3v) is 3.54. The first-order chi connectivity index (χ1) is 10.0. The molecule has 0 fully saturated rings. The molecule has 0 saturated heterocycles. The Morgan fingerprint density at radius 3 is 2.57 bits per heavy atom. The average molecular weight is 304 g/mol. The number of primary amides is 1. The number of halogens is 1. The zero-order valence-corrected chi connectivity index (χ0v) is 12.7. The van der Waals surface area contributed by atoms with Crippen molar-refractivity contribution in [3.05, 3.63) is 58.2 Å². The summed E-state index contributed by atoms with van der Waals surface area (Å²) in [6.07, 6.45) is 4.96. The predicted octanol–water partition coefficient (Wildman–Crippen LogP) is 3.05. The van der Waals surface area contributed by atoms with Gasteiger partial charge in [0, 0.05) is 11.9 Å². The van der Waals surface area contributed by atoms with Crippen LogP contribution in [0.4, 0.5) is 0 Å². The Balaban J connectivity index is 2.42. The van der Waals surface area contributed by atoms with Gasteiger partial charge in [-0.25, -0.2) is 0 Å². The van der Waals surface area contributed by atoms with E-state index in [0.717, 1.165) is 24.9 Å². The fourth-order valence-electron chi connectivity index (χ4n) is 2.16. The van der Waals surface area contributed by atoms with E-state index in [1.807, 2.05) is 24.3 Å². The maximum absolute atomic E-state index is 11.4. The van der Waals surface area contributed by atoms with Crippen LogP contribution in [0, 0.1) is 5.41 Å². The van der Waals surface area contributed by atoms with Gasteiger partial charge in [0.05, 0.1) is 10.6 Å². The minimum Gasteiger partial charge on any atom is -0.365 e. The maximum Gasteiger partial charge on any atom is 0.252 e. The van der Waals surface area contributed by atoms with Gasteiger partial charge in [-0.15, -0.1) is 0 Å². The van der Waals surface area contributed by atoms with E-state index in [0.29, 0.717) is 5.02 Å². The lowest BCUT2D eigenvalue weighted by atomic mass is 10.1. The van der Waals surface area contributed by atoms with Crippen molar-refractivity contribution in [2.75, 3.05) is 0 Å². The van der Waals surface area contributed by atoms with E-state index in [-0.39, 0.29) is 11.1 Å². The maximum atomic E-state index is 11.4. The lowest BCUT2D eigenvalue weighted by Crippen LogP contribution is -2.28. The summed E-state index contributed by atoms with van der Waals surface area (Å²) < 4.78 is 1.56. The summed E-state index contributed by atoms with van der Waals surface area (Å²) in [5, 5.41) is 8.45. The second-order valence-electron chi connectivity index (χ2n) is 4.92. The van der Waals surface area contributed by atoms with Crippen molar-refractivity contribution in [2.45, 2.75) is 26.2 Å². The first-order valence-electron chi connectivity index (χ1n) is 6.89. The molecule has 3 N–H and O–H groups in total. The van der Waals surface area contributed by atoms with Crippen LogP contribution in [0.2, 0.25) is 5.02 Å². The molecule has 1 aromatic heterocycles. The van der Waals surface area contributed by atoms with Crippen molar-refractivity contribution in [1.29, 1.82) is 5.41 Å². The van der Waals surface area contributed by atoms with E-state index in [9.17, 15) is 4.79 Å². The van der Waals surface area contributed by atoms with Crippen LogP contribution in [-0.4, -0.2) is 10.5 Å². The summed E-state index contributed by atoms with van der Waals surface area (Å²) >= 11 is 6.00. The lowest BCUT2D eigenvalue weighted by molar-refractivity contribution is 0.0998. The second-order valence-corrected chi connectivity index (χ2v) is 5.36. The minimum atomic E-state index is -0.657. The van der Waals surface area contributed by atoms with Gasteiger partial charge < -0.3 is 10.3 Å². The molecular formula is C16H18ClN3O. The van der Waals surface area contributed by atoms with E-state index in [1.54, 1.807) is 10.8 Å². The highest BCUT2D eigenvalue weighted by atomic mass is 35.5. The lowest BCUT2D eigenvalue weighted by Gasteiger charge is -2.10. The molecule has 2 rings (SSSR count). The van der Waals surface area contributed by atoms with Gasteiger partial charge in [-0.3, -0.25) is 10.2 Å². The molecule has 1 heterocycles. The molecule has 5 heteroatoms. The van der Waals surface area contributed by atoms with Gasteiger partial charge >= 0.3 is 0 Å². The number of amides is 1. The highest BCUT2D eigenvalue weighted by molar-refractivity contribution is 6.30. The molecule has 0 saturated carbocycles. The van der Waals surface area contributed by atoms with E-state index in [1.165, 1.54) is 11.6 Å². The molecule has 1 aromatic carbocycles. The van der Waals surface area contributed by atoms with Crippen LogP contribution in [0.1, 0.15) is 35.7 Å². The summed E-state index contributed by atoms with van der Waals surface area (Å²) in [6, 6.07) is 9.32. The number of pyridine rings is 1. The van der Waals surface area contributed by atoms with Crippen LogP contribution in [0.3, 0.4) is 0 Å². The smallest absolute Gasteiger partial charge is 0.252 e. The predicted molar refractivity (Wildman–Crippen MR) is 83.8 cm³/mol. The Bertz CT molecular complexity index is 704. The van der Waals surface area contributed by atoms with Gasteiger partial charge in [0.2, 0.25) is 0 Å². The minimum absolute atomic E-state index is 0.0354. The van der Waals surface area contributed by atoms with Gasteiger partial charge in [-0.2, -0.15) is 0 Å². The summed E-state index contributed by atoms with van der Waals surface area (Å²) in [7, 11) is 0. The zero-order valence-electron chi connectivity index (χ0n) is 11.9. The highest BCUT2D eigenvalue weighted by Gasteiger charge is 2.09. The van der Waals surface area contributed by atoms with E-state index < -0.39 is 5.91 Å². The zero-order chi connectivity index (χ0) is 15.4. The first-order valence-corrected chi connectivity index (χ1v) is 7.26. The normalized spacial score (nSPS) is 10.6. The van der Waals surface area contributed by atoms with Crippen LogP contribution in [0.5, 0.6) is 0 Å². The molecule has 1 amide bonds. The Morgan fingerprint density at radius 1 is 1.33 bits per heavy atom. The van der Waals surface area contributed by atoms with Crippen molar-refractivity contribution in [1.82, 2.24) is 4.57 Å². The fourth-order valence-corrected chi connectivity index (χ4v) is 2.36. The van der Waals surface area contributed by atoms with E-state index in [4.69, 9.17) is 22.7 Å². The molecule has 4 nitrogen and oxygen atoms in total. The van der Waals surface area contributed by atoms with Crippen LogP contribution in [0.25, 0.3) is 5.69 Å². The molecule has 0 aliphatic heterocycles. The third-order valence-electron chi connectivity index (χ3n) is 3.33. The molecular weight excluding hydrogens is 286 g/mol. The summed E-state index contributed by atoms with van der Waals surface area (Å²) in [5.41, 5.74) is 7.46. The Kier molecular flexibility index (Phi) is 4.81.